The third-order valence-corrected chi connectivity index (χ3v) is 7.08. The fourth-order valence-corrected chi connectivity index (χ4v) is 5.26. The van der Waals surface area contributed by atoms with E-state index in [1.807, 2.05) is 4.90 Å². The number of hydrazone groups is 1. The number of rotatable bonds is 9. The Morgan fingerprint density at radius 1 is 1.10 bits per heavy atom. The quantitative estimate of drug-likeness (QED) is 0.378. The number of alkyl halides is 3. The maximum absolute atomic E-state index is 14.3. The largest absolute Gasteiger partial charge is 0.497 e. The predicted molar refractivity (Wildman–Crippen MR) is 140 cm³/mol. The van der Waals surface area contributed by atoms with Gasteiger partial charge in [-0.1, -0.05) is 13.8 Å². The number of methoxy groups -OCH3 is 1. The van der Waals surface area contributed by atoms with Gasteiger partial charge in [-0.2, -0.15) is 18.3 Å². The van der Waals surface area contributed by atoms with Gasteiger partial charge in [0.05, 0.1) is 30.9 Å². The van der Waals surface area contributed by atoms with Gasteiger partial charge >= 0.3 is 12.1 Å². The third-order valence-electron chi connectivity index (χ3n) is 7.08. The number of aliphatic carboxylic acids is 1. The molecule has 0 bridgehead atoms. The molecule has 2 aromatic carbocycles. The van der Waals surface area contributed by atoms with Crippen LogP contribution in [0.4, 0.5) is 28.9 Å². The third kappa shape index (κ3) is 6.75. The van der Waals surface area contributed by atoms with Crippen LogP contribution >= 0.6 is 0 Å². The Morgan fingerprint density at radius 2 is 1.74 bits per heavy atom. The zero-order valence-electron chi connectivity index (χ0n) is 22.1. The summed E-state index contributed by atoms with van der Waals surface area (Å²) in [5.41, 5.74) is -0.0971. The molecule has 2 unspecified atom stereocenters. The maximum atomic E-state index is 14.3. The molecule has 2 aliphatic heterocycles. The van der Waals surface area contributed by atoms with Crippen LogP contribution in [0.25, 0.3) is 0 Å². The topological polar surface area (TPSA) is 74.6 Å². The molecule has 1 fully saturated rings. The number of piperidine rings is 1. The van der Waals surface area contributed by atoms with Crippen LogP contribution in [0, 0.1) is 17.7 Å². The highest BCUT2D eigenvalue weighted by Gasteiger charge is 2.50. The molecule has 1 saturated heterocycles. The number of hydrogen-bond acceptors (Lipinski definition) is 6. The van der Waals surface area contributed by atoms with Crippen LogP contribution in [-0.2, 0) is 4.79 Å². The summed E-state index contributed by atoms with van der Waals surface area (Å²) in [6.45, 7) is 4.78. The molecular formula is C28H33F4N3O4. The highest BCUT2D eigenvalue weighted by Crippen LogP contribution is 2.40. The number of anilines is 2. The molecule has 0 amide bonds. The van der Waals surface area contributed by atoms with E-state index in [2.05, 4.69) is 5.10 Å². The molecule has 4 rings (SSSR count). The fraction of sp³-hybridized carbons (Fsp3) is 0.500. The van der Waals surface area contributed by atoms with Crippen molar-refractivity contribution in [2.24, 2.45) is 16.9 Å². The van der Waals surface area contributed by atoms with Crippen LogP contribution < -0.4 is 19.4 Å². The zero-order valence-corrected chi connectivity index (χ0v) is 22.1. The van der Waals surface area contributed by atoms with E-state index < -0.39 is 36.2 Å². The van der Waals surface area contributed by atoms with Crippen molar-refractivity contribution in [2.75, 3.05) is 30.1 Å². The van der Waals surface area contributed by atoms with E-state index in [4.69, 9.17) is 9.47 Å². The Kier molecular flexibility index (Phi) is 8.56. The molecule has 2 aromatic rings. The second kappa shape index (κ2) is 11.7. The van der Waals surface area contributed by atoms with Gasteiger partial charge in [0, 0.05) is 37.9 Å². The molecule has 0 radical (unpaired) electrons. The zero-order chi connectivity index (χ0) is 28.3. The number of carboxylic acids is 1. The smallest absolute Gasteiger partial charge is 0.431 e. The van der Waals surface area contributed by atoms with Gasteiger partial charge in [-0.05, 0) is 48.7 Å². The summed E-state index contributed by atoms with van der Waals surface area (Å²) < 4.78 is 67.1. The Labute approximate surface area is 225 Å². The van der Waals surface area contributed by atoms with E-state index in [9.17, 15) is 27.5 Å². The molecule has 0 aromatic heterocycles. The molecule has 2 heterocycles. The van der Waals surface area contributed by atoms with Gasteiger partial charge in [-0.25, -0.2) is 4.39 Å². The minimum Gasteiger partial charge on any atom is -0.497 e. The van der Waals surface area contributed by atoms with E-state index >= 15 is 0 Å². The SMILES string of the molecule is COc1ccc(F)c(N2CCC(Oc3ccc(N4N=C(C(F)(F)F)C(CC(C)C)C4CC(=O)O)cc3)CC2)c1. The van der Waals surface area contributed by atoms with Crippen molar-refractivity contribution in [3.05, 3.63) is 48.3 Å². The highest BCUT2D eigenvalue weighted by atomic mass is 19.4. The number of ether oxygens (including phenoxy) is 2. The predicted octanol–water partition coefficient (Wildman–Crippen LogP) is 6.13. The Bertz CT molecular complexity index is 1180. The first kappa shape index (κ1) is 28.5. The number of nitrogens with zero attached hydrogens (tertiary/aromatic N) is 3. The molecule has 11 heteroatoms. The van der Waals surface area contributed by atoms with E-state index in [1.54, 1.807) is 50.2 Å². The van der Waals surface area contributed by atoms with Gasteiger partial charge in [0.25, 0.3) is 0 Å². The fourth-order valence-electron chi connectivity index (χ4n) is 5.26. The Hall–Kier alpha value is -3.50. The highest BCUT2D eigenvalue weighted by molar-refractivity contribution is 5.96. The van der Waals surface area contributed by atoms with E-state index in [0.717, 1.165) is 0 Å². The Morgan fingerprint density at radius 3 is 2.31 bits per heavy atom. The lowest BCUT2D eigenvalue weighted by Gasteiger charge is -2.34. The molecule has 2 atom stereocenters. The van der Waals surface area contributed by atoms with Crippen molar-refractivity contribution in [2.45, 2.75) is 57.9 Å². The average Bonchev–Trinajstić information content (AvgIpc) is 3.22. The molecule has 2 aliphatic rings. The summed E-state index contributed by atoms with van der Waals surface area (Å²) >= 11 is 0. The first-order valence-electron chi connectivity index (χ1n) is 13.0. The molecule has 39 heavy (non-hydrogen) atoms. The first-order chi connectivity index (χ1) is 18.5. The minimum absolute atomic E-state index is 0.0681. The summed E-state index contributed by atoms with van der Waals surface area (Å²) in [5.74, 6) is -1.50. The minimum atomic E-state index is -4.66. The number of carboxylic acid groups (broad SMARTS) is 1. The molecular weight excluding hydrogens is 518 g/mol. The number of benzene rings is 2. The van der Waals surface area contributed by atoms with Crippen LogP contribution in [0.15, 0.2) is 47.6 Å². The lowest BCUT2D eigenvalue weighted by atomic mass is 9.85. The van der Waals surface area contributed by atoms with Crippen LogP contribution in [0.1, 0.15) is 39.5 Å². The number of hydrogen-bond donors (Lipinski definition) is 1. The average molecular weight is 552 g/mol. The van der Waals surface area contributed by atoms with Gasteiger partial charge in [0.2, 0.25) is 0 Å². The lowest BCUT2D eigenvalue weighted by Crippen LogP contribution is -2.39. The van der Waals surface area contributed by atoms with Crippen molar-refractivity contribution < 1.29 is 36.9 Å². The van der Waals surface area contributed by atoms with Crippen molar-refractivity contribution in [3.8, 4) is 11.5 Å². The van der Waals surface area contributed by atoms with Gasteiger partial charge < -0.3 is 19.5 Å². The second-order valence-corrected chi connectivity index (χ2v) is 10.3. The maximum Gasteiger partial charge on any atom is 0.431 e. The van der Waals surface area contributed by atoms with Crippen molar-refractivity contribution in [1.29, 1.82) is 0 Å². The number of carbonyl (C=O) groups is 1. The molecule has 0 spiro atoms. The van der Waals surface area contributed by atoms with Gasteiger partial charge in [-0.15, -0.1) is 0 Å². The van der Waals surface area contributed by atoms with E-state index in [0.29, 0.717) is 48.8 Å². The van der Waals surface area contributed by atoms with Crippen molar-refractivity contribution in [3.63, 3.8) is 0 Å². The standard InChI is InChI=1S/C28H33F4N3O4/c1-17(2)14-22-24(16-26(36)37)35(33-27(22)28(30,31)32)18-4-6-19(7-5-18)39-20-10-12-34(13-11-20)25-15-21(38-3)8-9-23(25)29/h4-9,15,17,20,22,24H,10-14,16H2,1-3H3,(H,36,37). The number of halogens is 4. The monoisotopic (exact) mass is 551 g/mol. The summed E-state index contributed by atoms with van der Waals surface area (Å²) in [7, 11) is 1.53. The van der Waals surface area contributed by atoms with Crippen LogP contribution in [-0.4, -0.2) is 55.3 Å². The first-order valence-corrected chi connectivity index (χ1v) is 13.0. The molecule has 0 aliphatic carbocycles. The van der Waals surface area contributed by atoms with Crippen molar-refractivity contribution >= 4 is 23.1 Å². The van der Waals surface area contributed by atoms with Gasteiger partial charge in [0.15, 0.2) is 0 Å². The van der Waals surface area contributed by atoms with Crippen molar-refractivity contribution in [1.82, 2.24) is 0 Å². The summed E-state index contributed by atoms with van der Waals surface area (Å²) in [6, 6.07) is 10.2. The van der Waals surface area contributed by atoms with E-state index in [1.165, 1.54) is 18.2 Å². The molecule has 0 saturated carbocycles. The summed E-state index contributed by atoms with van der Waals surface area (Å²) in [4.78, 5) is 13.5. The van der Waals surface area contributed by atoms with Crippen LogP contribution in [0.2, 0.25) is 0 Å². The van der Waals surface area contributed by atoms with Gasteiger partial charge in [0.1, 0.15) is 29.1 Å². The Balaban J connectivity index is 1.44. The molecule has 212 valence electrons. The normalized spacial score (nSPS) is 20.4. The summed E-state index contributed by atoms with van der Waals surface area (Å²) in [6.07, 6.45) is -3.76. The van der Waals surface area contributed by atoms with E-state index in [-0.39, 0.29) is 24.3 Å². The summed E-state index contributed by atoms with van der Waals surface area (Å²) in [5, 5.41) is 14.5. The molecule has 7 nitrogen and oxygen atoms in total. The van der Waals surface area contributed by atoms with Crippen LogP contribution in [0.5, 0.6) is 11.5 Å². The van der Waals surface area contributed by atoms with Gasteiger partial charge in [-0.3, -0.25) is 9.80 Å². The lowest BCUT2D eigenvalue weighted by molar-refractivity contribution is -0.137. The van der Waals surface area contributed by atoms with Crippen LogP contribution in [0.3, 0.4) is 0 Å². The second-order valence-electron chi connectivity index (χ2n) is 10.3. The molecule has 1 N–H and O–H groups in total.